The van der Waals surface area contributed by atoms with Crippen molar-refractivity contribution in [1.29, 1.82) is 0 Å². The normalized spacial score (nSPS) is 11.4. The van der Waals surface area contributed by atoms with Gasteiger partial charge >= 0.3 is 5.97 Å². The van der Waals surface area contributed by atoms with Crippen LogP contribution in [0, 0.1) is 11.6 Å². The molecule has 1 aromatic rings. The van der Waals surface area contributed by atoms with Crippen LogP contribution in [0.5, 0.6) is 0 Å². The lowest BCUT2D eigenvalue weighted by molar-refractivity contribution is -0.137. The monoisotopic (exact) mass is 241 g/mol. The number of carbonyl (C=O) groups excluding carboxylic acids is 1. The average Bonchev–Trinajstić information content (AvgIpc) is 2.22. The third-order valence-corrected chi connectivity index (χ3v) is 2.00. The zero-order valence-corrected chi connectivity index (χ0v) is 9.37. The Balaban J connectivity index is 2.74. The molecule has 0 saturated carbocycles. The number of esters is 1. The number of halogens is 2. The fourth-order valence-corrected chi connectivity index (χ4v) is 1.27. The van der Waals surface area contributed by atoms with Gasteiger partial charge in [-0.1, -0.05) is 6.07 Å². The Kier molecular flexibility index (Phi) is 4.63. The highest BCUT2D eigenvalue weighted by atomic mass is 19.1. The van der Waals surface area contributed by atoms with Gasteiger partial charge in [0.2, 0.25) is 0 Å². The predicted octanol–water partition coefficient (Wildman–Crippen LogP) is 1.91. The fraction of sp³-hybridized carbons (Fsp3) is 0.250. The Hall–Kier alpha value is -1.91. The van der Waals surface area contributed by atoms with E-state index in [4.69, 9.17) is 5.73 Å². The van der Waals surface area contributed by atoms with E-state index in [1.807, 2.05) is 0 Å². The summed E-state index contributed by atoms with van der Waals surface area (Å²) in [6, 6.07) is 3.19. The van der Waals surface area contributed by atoms with Gasteiger partial charge in [-0.05, 0) is 18.6 Å². The SMILES string of the molecule is CCOC(=O)/C=C(\N)Cc1ccc(F)cc1F. The van der Waals surface area contributed by atoms with Crippen molar-refractivity contribution in [1.82, 2.24) is 0 Å². The molecule has 2 N–H and O–H groups in total. The summed E-state index contributed by atoms with van der Waals surface area (Å²) in [5.41, 5.74) is 5.93. The van der Waals surface area contributed by atoms with Crippen molar-refractivity contribution in [3.8, 4) is 0 Å². The van der Waals surface area contributed by atoms with E-state index in [0.29, 0.717) is 0 Å². The molecule has 0 unspecified atom stereocenters. The second kappa shape index (κ2) is 5.98. The lowest BCUT2D eigenvalue weighted by atomic mass is 10.1. The first-order chi connectivity index (χ1) is 8.02. The molecule has 0 spiro atoms. The fourth-order valence-electron chi connectivity index (χ4n) is 1.27. The van der Waals surface area contributed by atoms with Crippen LogP contribution in [-0.2, 0) is 16.0 Å². The van der Waals surface area contributed by atoms with E-state index in [2.05, 4.69) is 4.74 Å². The van der Waals surface area contributed by atoms with Crippen LogP contribution in [0.1, 0.15) is 12.5 Å². The summed E-state index contributed by atoms with van der Waals surface area (Å²) in [7, 11) is 0. The number of nitrogens with two attached hydrogens (primary N) is 1. The molecule has 0 aliphatic rings. The molecule has 17 heavy (non-hydrogen) atoms. The molecule has 0 aliphatic heterocycles. The van der Waals surface area contributed by atoms with Crippen molar-refractivity contribution >= 4 is 5.97 Å². The van der Waals surface area contributed by atoms with Gasteiger partial charge in [0.05, 0.1) is 6.61 Å². The molecule has 1 aromatic carbocycles. The Labute approximate surface area is 97.9 Å². The lowest BCUT2D eigenvalue weighted by Gasteiger charge is -2.04. The third-order valence-electron chi connectivity index (χ3n) is 2.00. The minimum atomic E-state index is -0.690. The molecule has 5 heteroatoms. The van der Waals surface area contributed by atoms with Gasteiger partial charge < -0.3 is 10.5 Å². The molecule has 1 rings (SSSR count). The van der Waals surface area contributed by atoms with E-state index in [1.54, 1.807) is 6.92 Å². The van der Waals surface area contributed by atoms with Gasteiger partial charge in [0, 0.05) is 24.3 Å². The summed E-state index contributed by atoms with van der Waals surface area (Å²) in [4.78, 5) is 11.1. The van der Waals surface area contributed by atoms with Crippen molar-refractivity contribution in [2.75, 3.05) is 6.61 Å². The van der Waals surface area contributed by atoms with E-state index in [-0.39, 0.29) is 24.3 Å². The first-order valence-corrected chi connectivity index (χ1v) is 5.09. The van der Waals surface area contributed by atoms with Gasteiger partial charge in [-0.3, -0.25) is 0 Å². The minimum absolute atomic E-state index is 0.0327. The highest BCUT2D eigenvalue weighted by molar-refractivity contribution is 5.82. The van der Waals surface area contributed by atoms with Crippen molar-refractivity contribution in [2.45, 2.75) is 13.3 Å². The minimum Gasteiger partial charge on any atom is -0.463 e. The molecular weight excluding hydrogens is 228 g/mol. The van der Waals surface area contributed by atoms with E-state index in [0.717, 1.165) is 18.2 Å². The molecule has 0 amide bonds. The van der Waals surface area contributed by atoms with Crippen LogP contribution in [0.2, 0.25) is 0 Å². The van der Waals surface area contributed by atoms with Gasteiger partial charge in [0.15, 0.2) is 0 Å². The molecule has 0 aliphatic carbocycles. The topological polar surface area (TPSA) is 52.3 Å². The maximum atomic E-state index is 13.3. The van der Waals surface area contributed by atoms with Crippen LogP contribution in [0.15, 0.2) is 30.0 Å². The third kappa shape index (κ3) is 4.22. The second-order valence-electron chi connectivity index (χ2n) is 3.38. The Morgan fingerprint density at radius 2 is 2.18 bits per heavy atom. The number of hydrogen-bond donors (Lipinski definition) is 1. The Bertz CT molecular complexity index is 444. The van der Waals surface area contributed by atoms with Crippen LogP contribution in [-0.4, -0.2) is 12.6 Å². The Morgan fingerprint density at radius 1 is 1.47 bits per heavy atom. The molecular formula is C12H13F2NO2. The van der Waals surface area contributed by atoms with Crippen LogP contribution in [0.3, 0.4) is 0 Å². The van der Waals surface area contributed by atoms with Gasteiger partial charge in [0.25, 0.3) is 0 Å². The van der Waals surface area contributed by atoms with E-state index in [9.17, 15) is 13.6 Å². The molecule has 0 fully saturated rings. The highest BCUT2D eigenvalue weighted by Gasteiger charge is 2.06. The quantitative estimate of drug-likeness (QED) is 0.647. The van der Waals surface area contributed by atoms with Gasteiger partial charge in [-0.25, -0.2) is 13.6 Å². The van der Waals surface area contributed by atoms with E-state index >= 15 is 0 Å². The summed E-state index contributed by atoms with van der Waals surface area (Å²) in [6.07, 6.45) is 1.12. The number of rotatable bonds is 4. The van der Waals surface area contributed by atoms with Crippen molar-refractivity contribution < 1.29 is 18.3 Å². The maximum Gasteiger partial charge on any atom is 0.332 e. The average molecular weight is 241 g/mol. The smallest absolute Gasteiger partial charge is 0.332 e. The molecule has 0 atom stereocenters. The molecule has 0 saturated heterocycles. The summed E-state index contributed by atoms with van der Waals surface area (Å²) >= 11 is 0. The van der Waals surface area contributed by atoms with Crippen LogP contribution in [0.25, 0.3) is 0 Å². The van der Waals surface area contributed by atoms with Gasteiger partial charge in [-0.2, -0.15) is 0 Å². The number of benzene rings is 1. The maximum absolute atomic E-state index is 13.3. The molecule has 0 aromatic heterocycles. The van der Waals surface area contributed by atoms with Gasteiger partial charge in [-0.15, -0.1) is 0 Å². The predicted molar refractivity (Wildman–Crippen MR) is 59.0 cm³/mol. The van der Waals surface area contributed by atoms with Crippen molar-refractivity contribution in [3.05, 3.63) is 47.2 Å². The summed E-state index contributed by atoms with van der Waals surface area (Å²) in [5.74, 6) is -1.92. The lowest BCUT2D eigenvalue weighted by Crippen LogP contribution is -2.08. The summed E-state index contributed by atoms with van der Waals surface area (Å²) in [5, 5.41) is 0. The molecule has 3 nitrogen and oxygen atoms in total. The number of hydrogen-bond acceptors (Lipinski definition) is 3. The second-order valence-corrected chi connectivity index (χ2v) is 3.38. The molecule has 0 radical (unpaired) electrons. The number of carbonyl (C=O) groups is 1. The largest absolute Gasteiger partial charge is 0.463 e. The Morgan fingerprint density at radius 3 is 2.76 bits per heavy atom. The summed E-state index contributed by atoms with van der Waals surface area (Å²) in [6.45, 7) is 1.91. The van der Waals surface area contributed by atoms with Crippen molar-refractivity contribution in [2.24, 2.45) is 5.73 Å². The highest BCUT2D eigenvalue weighted by Crippen LogP contribution is 2.12. The first kappa shape index (κ1) is 13.2. The number of ether oxygens (including phenoxy) is 1. The van der Waals surface area contributed by atoms with E-state index < -0.39 is 17.6 Å². The first-order valence-electron chi connectivity index (χ1n) is 5.09. The van der Waals surface area contributed by atoms with Crippen LogP contribution in [0.4, 0.5) is 8.78 Å². The number of allylic oxidation sites excluding steroid dienone is 1. The van der Waals surface area contributed by atoms with Crippen LogP contribution < -0.4 is 5.73 Å². The standard InChI is InChI=1S/C12H13F2NO2/c1-2-17-12(16)7-10(15)5-8-3-4-9(13)6-11(8)14/h3-4,6-7H,2,5,15H2,1H3/b10-7-. The van der Waals surface area contributed by atoms with Gasteiger partial charge in [0.1, 0.15) is 11.6 Å². The molecule has 0 heterocycles. The zero-order valence-electron chi connectivity index (χ0n) is 9.37. The van der Waals surface area contributed by atoms with Crippen LogP contribution >= 0.6 is 0 Å². The summed E-state index contributed by atoms with van der Waals surface area (Å²) < 4.78 is 30.5. The zero-order chi connectivity index (χ0) is 12.8. The molecule has 0 bridgehead atoms. The van der Waals surface area contributed by atoms with Crippen molar-refractivity contribution in [3.63, 3.8) is 0 Å². The molecule has 92 valence electrons. The van der Waals surface area contributed by atoms with E-state index in [1.165, 1.54) is 6.07 Å².